The third-order valence-corrected chi connectivity index (χ3v) is 2.91. The number of nitrogens with one attached hydrogen (secondary N) is 1. The van der Waals surface area contributed by atoms with Crippen molar-refractivity contribution in [3.63, 3.8) is 0 Å². The molecular formula is C14H21N3O3. The van der Waals surface area contributed by atoms with Gasteiger partial charge in [0.05, 0.1) is 31.2 Å². The van der Waals surface area contributed by atoms with Crippen LogP contribution < -0.4 is 10.2 Å². The van der Waals surface area contributed by atoms with Crippen LogP contribution in [0.15, 0.2) is 18.3 Å². The fourth-order valence-corrected chi connectivity index (χ4v) is 1.88. The molecule has 110 valence electrons. The highest BCUT2D eigenvalue weighted by Crippen LogP contribution is 2.15. The Morgan fingerprint density at radius 2 is 2.20 bits per heavy atom. The summed E-state index contributed by atoms with van der Waals surface area (Å²) in [4.78, 5) is 18.1. The summed E-state index contributed by atoms with van der Waals surface area (Å²) in [5.74, 6) is 0.740. The van der Waals surface area contributed by atoms with Crippen molar-refractivity contribution in [2.75, 3.05) is 43.1 Å². The molecule has 0 aliphatic carbocycles. The van der Waals surface area contributed by atoms with Gasteiger partial charge in [-0.25, -0.2) is 4.98 Å². The van der Waals surface area contributed by atoms with E-state index in [1.165, 1.54) is 0 Å². The molecule has 0 spiro atoms. The van der Waals surface area contributed by atoms with Gasteiger partial charge >= 0.3 is 0 Å². The molecule has 6 heteroatoms. The van der Waals surface area contributed by atoms with Crippen molar-refractivity contribution in [3.8, 4) is 0 Å². The van der Waals surface area contributed by atoms with E-state index in [0.717, 1.165) is 32.1 Å². The van der Waals surface area contributed by atoms with Crippen LogP contribution in [0.25, 0.3) is 0 Å². The first-order valence-electron chi connectivity index (χ1n) is 6.85. The molecule has 0 saturated carbocycles. The van der Waals surface area contributed by atoms with E-state index >= 15 is 0 Å². The molecule has 0 bridgehead atoms. The topological polar surface area (TPSA) is 63.7 Å². The third-order valence-electron chi connectivity index (χ3n) is 2.91. The Balaban J connectivity index is 1.86. The number of aromatic nitrogens is 1. The molecule has 1 aliphatic rings. The first-order valence-corrected chi connectivity index (χ1v) is 6.85. The summed E-state index contributed by atoms with van der Waals surface area (Å²) in [6.45, 7) is 7.00. The average Bonchev–Trinajstić information content (AvgIpc) is 2.47. The average molecular weight is 279 g/mol. The van der Waals surface area contributed by atoms with Crippen molar-refractivity contribution in [1.29, 1.82) is 0 Å². The lowest BCUT2D eigenvalue weighted by atomic mass is 10.3. The number of anilines is 2. The second-order valence-electron chi connectivity index (χ2n) is 4.91. The maximum absolute atomic E-state index is 11.6. The summed E-state index contributed by atoms with van der Waals surface area (Å²) < 4.78 is 10.5. The normalized spacial score (nSPS) is 15.4. The van der Waals surface area contributed by atoms with Gasteiger partial charge in [0.2, 0.25) is 5.91 Å². The number of rotatable bonds is 5. The fraction of sp³-hybridized carbons (Fsp3) is 0.571. The van der Waals surface area contributed by atoms with Crippen LogP contribution in [-0.4, -0.2) is 49.9 Å². The van der Waals surface area contributed by atoms with Crippen molar-refractivity contribution < 1.29 is 14.3 Å². The van der Waals surface area contributed by atoms with Crippen LogP contribution in [0, 0.1) is 0 Å². The number of pyridine rings is 1. The molecule has 0 atom stereocenters. The van der Waals surface area contributed by atoms with Crippen molar-refractivity contribution in [2.24, 2.45) is 0 Å². The summed E-state index contributed by atoms with van der Waals surface area (Å²) in [6, 6.07) is 3.76. The van der Waals surface area contributed by atoms with Gasteiger partial charge in [-0.15, -0.1) is 0 Å². The van der Waals surface area contributed by atoms with Crippen molar-refractivity contribution in [3.05, 3.63) is 18.3 Å². The van der Waals surface area contributed by atoms with Crippen LogP contribution in [0.1, 0.15) is 13.8 Å². The van der Waals surface area contributed by atoms with Crippen molar-refractivity contribution in [2.45, 2.75) is 20.0 Å². The third kappa shape index (κ3) is 4.47. The fourth-order valence-electron chi connectivity index (χ4n) is 1.88. The molecule has 0 unspecified atom stereocenters. The summed E-state index contributed by atoms with van der Waals surface area (Å²) in [5, 5.41) is 2.76. The Bertz CT molecular complexity index is 428. The zero-order valence-electron chi connectivity index (χ0n) is 12.0. The van der Waals surface area contributed by atoms with Gasteiger partial charge in [-0.05, 0) is 26.0 Å². The SMILES string of the molecule is CC(C)OCC(=O)Nc1ccc(N2CCOCC2)nc1. The summed E-state index contributed by atoms with van der Waals surface area (Å²) >= 11 is 0. The summed E-state index contributed by atoms with van der Waals surface area (Å²) in [7, 11) is 0. The van der Waals surface area contributed by atoms with E-state index < -0.39 is 0 Å². The number of hydrogen-bond donors (Lipinski definition) is 1. The van der Waals surface area contributed by atoms with Crippen molar-refractivity contribution >= 4 is 17.4 Å². The van der Waals surface area contributed by atoms with Gasteiger partial charge < -0.3 is 19.7 Å². The number of ether oxygens (including phenoxy) is 2. The number of carbonyl (C=O) groups is 1. The number of hydrogen-bond acceptors (Lipinski definition) is 5. The second kappa shape index (κ2) is 7.21. The van der Waals surface area contributed by atoms with E-state index in [1.807, 2.05) is 26.0 Å². The molecule has 1 saturated heterocycles. The number of nitrogens with zero attached hydrogens (tertiary/aromatic N) is 2. The minimum absolute atomic E-state index is 0.0440. The lowest BCUT2D eigenvalue weighted by Gasteiger charge is -2.27. The Kier molecular flexibility index (Phi) is 5.31. The molecule has 6 nitrogen and oxygen atoms in total. The van der Waals surface area contributed by atoms with Crippen molar-refractivity contribution in [1.82, 2.24) is 4.98 Å². The number of amides is 1. The molecule has 1 N–H and O–H groups in total. The van der Waals surface area contributed by atoms with Gasteiger partial charge in [0, 0.05) is 13.1 Å². The highest BCUT2D eigenvalue weighted by atomic mass is 16.5. The van der Waals surface area contributed by atoms with Gasteiger partial charge in [-0.2, -0.15) is 0 Å². The molecular weight excluding hydrogens is 258 g/mol. The lowest BCUT2D eigenvalue weighted by molar-refractivity contribution is -0.121. The molecule has 1 amide bonds. The van der Waals surface area contributed by atoms with E-state index in [1.54, 1.807) is 6.20 Å². The van der Waals surface area contributed by atoms with Gasteiger partial charge in [0.1, 0.15) is 12.4 Å². The molecule has 1 aromatic heterocycles. The molecule has 0 aromatic carbocycles. The summed E-state index contributed by atoms with van der Waals surface area (Å²) in [6.07, 6.45) is 1.71. The number of carbonyl (C=O) groups excluding carboxylic acids is 1. The maximum Gasteiger partial charge on any atom is 0.250 e. The first-order chi connectivity index (χ1) is 9.65. The first kappa shape index (κ1) is 14.7. The van der Waals surface area contributed by atoms with Crippen LogP contribution in [0.3, 0.4) is 0 Å². The molecule has 20 heavy (non-hydrogen) atoms. The van der Waals surface area contributed by atoms with Crippen LogP contribution in [0.4, 0.5) is 11.5 Å². The predicted molar refractivity (Wildman–Crippen MR) is 77.0 cm³/mol. The molecule has 1 aliphatic heterocycles. The molecule has 2 heterocycles. The molecule has 1 fully saturated rings. The second-order valence-corrected chi connectivity index (χ2v) is 4.91. The number of morpholine rings is 1. The smallest absolute Gasteiger partial charge is 0.250 e. The zero-order chi connectivity index (χ0) is 14.4. The molecule has 2 rings (SSSR count). The molecule has 1 aromatic rings. The minimum atomic E-state index is -0.167. The largest absolute Gasteiger partial charge is 0.378 e. The predicted octanol–water partition coefficient (Wildman–Crippen LogP) is 1.28. The Hall–Kier alpha value is -1.66. The van der Waals surface area contributed by atoms with E-state index in [9.17, 15) is 4.79 Å². The van der Waals surface area contributed by atoms with Gasteiger partial charge in [0.15, 0.2) is 0 Å². The van der Waals surface area contributed by atoms with Gasteiger partial charge in [-0.3, -0.25) is 4.79 Å². The summed E-state index contributed by atoms with van der Waals surface area (Å²) in [5.41, 5.74) is 0.680. The zero-order valence-corrected chi connectivity index (χ0v) is 12.0. The Morgan fingerprint density at radius 3 is 2.80 bits per heavy atom. The van der Waals surface area contributed by atoms with Crippen LogP contribution >= 0.6 is 0 Å². The maximum atomic E-state index is 11.6. The standard InChI is InChI=1S/C14H21N3O3/c1-11(2)20-10-14(18)16-12-3-4-13(15-9-12)17-5-7-19-8-6-17/h3-4,9,11H,5-8,10H2,1-2H3,(H,16,18). The molecule has 0 radical (unpaired) electrons. The minimum Gasteiger partial charge on any atom is -0.378 e. The van der Waals surface area contributed by atoms with E-state index in [2.05, 4.69) is 15.2 Å². The highest BCUT2D eigenvalue weighted by molar-refractivity contribution is 5.91. The monoisotopic (exact) mass is 279 g/mol. The van der Waals surface area contributed by atoms with Crippen LogP contribution in [0.2, 0.25) is 0 Å². The van der Waals surface area contributed by atoms with Gasteiger partial charge in [0.25, 0.3) is 0 Å². The quantitative estimate of drug-likeness (QED) is 0.879. The lowest BCUT2D eigenvalue weighted by Crippen LogP contribution is -2.36. The van der Waals surface area contributed by atoms with E-state index in [0.29, 0.717) is 5.69 Å². The van der Waals surface area contributed by atoms with E-state index in [4.69, 9.17) is 9.47 Å². The Labute approximate surface area is 119 Å². The highest BCUT2D eigenvalue weighted by Gasteiger charge is 2.12. The van der Waals surface area contributed by atoms with E-state index in [-0.39, 0.29) is 18.6 Å². The van der Waals surface area contributed by atoms with Crippen LogP contribution in [0.5, 0.6) is 0 Å². The Morgan fingerprint density at radius 1 is 1.45 bits per heavy atom. The van der Waals surface area contributed by atoms with Gasteiger partial charge in [-0.1, -0.05) is 0 Å². The van der Waals surface area contributed by atoms with Crippen LogP contribution in [-0.2, 0) is 14.3 Å².